The Kier molecular flexibility index (Phi) is 5.28. The van der Waals surface area contributed by atoms with E-state index in [9.17, 15) is 4.79 Å². The molecule has 1 aromatic heterocycles. The van der Waals surface area contributed by atoms with Crippen LogP contribution in [0, 0.1) is 5.92 Å². The summed E-state index contributed by atoms with van der Waals surface area (Å²) in [5.74, 6) is 1.16. The Morgan fingerprint density at radius 3 is 2.74 bits per heavy atom. The molecule has 0 spiro atoms. The van der Waals surface area contributed by atoms with Crippen LogP contribution in [0.4, 0.5) is 5.13 Å². The monoisotopic (exact) mass is 330 g/mol. The van der Waals surface area contributed by atoms with Crippen molar-refractivity contribution in [1.29, 1.82) is 0 Å². The van der Waals surface area contributed by atoms with Gasteiger partial charge in [-0.3, -0.25) is 4.79 Å². The lowest BCUT2D eigenvalue weighted by atomic mass is 10.1. The SMILES string of the molecule is CCCOc1ccc(-c2csc(NC(=O)C3CCCC3)n2)cc1. The molecule has 3 rings (SSSR count). The van der Waals surface area contributed by atoms with Crippen LogP contribution in [-0.2, 0) is 4.79 Å². The summed E-state index contributed by atoms with van der Waals surface area (Å²) in [4.78, 5) is 16.7. The number of hydrogen-bond acceptors (Lipinski definition) is 4. The zero-order chi connectivity index (χ0) is 16.1. The lowest BCUT2D eigenvalue weighted by Gasteiger charge is -2.07. The Bertz CT molecular complexity index is 645. The van der Waals surface area contributed by atoms with Gasteiger partial charge >= 0.3 is 0 Å². The van der Waals surface area contributed by atoms with Gasteiger partial charge in [-0.1, -0.05) is 19.8 Å². The molecule has 1 aromatic carbocycles. The molecule has 0 radical (unpaired) electrons. The highest BCUT2D eigenvalue weighted by atomic mass is 32.1. The van der Waals surface area contributed by atoms with E-state index in [1.807, 2.05) is 29.6 Å². The van der Waals surface area contributed by atoms with Gasteiger partial charge in [0.05, 0.1) is 12.3 Å². The Morgan fingerprint density at radius 1 is 1.30 bits per heavy atom. The first-order chi connectivity index (χ1) is 11.3. The summed E-state index contributed by atoms with van der Waals surface area (Å²) >= 11 is 1.48. The predicted octanol–water partition coefficient (Wildman–Crippen LogP) is 4.73. The highest BCUT2D eigenvalue weighted by Gasteiger charge is 2.23. The molecule has 0 atom stereocenters. The molecule has 2 aromatic rings. The van der Waals surface area contributed by atoms with Gasteiger partial charge in [0.25, 0.3) is 0 Å². The van der Waals surface area contributed by atoms with Gasteiger partial charge in [-0.15, -0.1) is 11.3 Å². The standard InChI is InChI=1S/C18H22N2O2S/c1-2-11-22-15-9-7-13(8-10-15)16-12-23-18(19-16)20-17(21)14-5-3-4-6-14/h7-10,12,14H,2-6,11H2,1H3,(H,19,20,21). The molecule has 122 valence electrons. The average molecular weight is 330 g/mol. The molecule has 1 aliphatic carbocycles. The Morgan fingerprint density at radius 2 is 2.04 bits per heavy atom. The van der Waals surface area contributed by atoms with Gasteiger partial charge in [0.2, 0.25) is 5.91 Å². The number of hydrogen-bond donors (Lipinski definition) is 1. The van der Waals surface area contributed by atoms with Crippen LogP contribution in [0.1, 0.15) is 39.0 Å². The molecule has 0 aliphatic heterocycles. The molecule has 5 heteroatoms. The molecule has 1 aliphatic rings. The number of aromatic nitrogens is 1. The van der Waals surface area contributed by atoms with Crippen molar-refractivity contribution < 1.29 is 9.53 Å². The quantitative estimate of drug-likeness (QED) is 0.833. The van der Waals surface area contributed by atoms with Crippen molar-refractivity contribution in [1.82, 2.24) is 4.98 Å². The van der Waals surface area contributed by atoms with Gasteiger partial charge in [0, 0.05) is 16.9 Å². The molecule has 0 unspecified atom stereocenters. The third-order valence-electron chi connectivity index (χ3n) is 4.08. The number of carbonyl (C=O) groups is 1. The number of carbonyl (C=O) groups excluding carboxylic acids is 1. The van der Waals surface area contributed by atoms with Crippen LogP contribution in [0.3, 0.4) is 0 Å². The lowest BCUT2D eigenvalue weighted by molar-refractivity contribution is -0.119. The minimum Gasteiger partial charge on any atom is -0.494 e. The van der Waals surface area contributed by atoms with E-state index in [0.717, 1.165) is 55.7 Å². The van der Waals surface area contributed by atoms with Crippen LogP contribution in [-0.4, -0.2) is 17.5 Å². The first-order valence-electron chi connectivity index (χ1n) is 8.26. The van der Waals surface area contributed by atoms with Crippen molar-refractivity contribution in [2.75, 3.05) is 11.9 Å². The lowest BCUT2D eigenvalue weighted by Crippen LogP contribution is -2.20. The van der Waals surface area contributed by atoms with E-state index in [1.165, 1.54) is 11.3 Å². The van der Waals surface area contributed by atoms with E-state index < -0.39 is 0 Å². The van der Waals surface area contributed by atoms with Crippen LogP contribution in [0.15, 0.2) is 29.6 Å². The van der Waals surface area contributed by atoms with Crippen molar-refractivity contribution in [2.24, 2.45) is 5.92 Å². The van der Waals surface area contributed by atoms with Crippen molar-refractivity contribution >= 4 is 22.4 Å². The second-order valence-corrected chi connectivity index (χ2v) is 6.74. The minimum absolute atomic E-state index is 0.117. The van der Waals surface area contributed by atoms with Crippen LogP contribution < -0.4 is 10.1 Å². The third kappa shape index (κ3) is 4.10. The van der Waals surface area contributed by atoms with Crippen LogP contribution in [0.25, 0.3) is 11.3 Å². The fourth-order valence-corrected chi connectivity index (χ4v) is 3.52. The highest BCUT2D eigenvalue weighted by Crippen LogP contribution is 2.29. The molecular formula is C18H22N2O2S. The van der Waals surface area contributed by atoms with Crippen molar-refractivity contribution in [3.05, 3.63) is 29.6 Å². The molecule has 1 saturated carbocycles. The molecule has 4 nitrogen and oxygen atoms in total. The molecule has 1 amide bonds. The molecule has 0 bridgehead atoms. The summed E-state index contributed by atoms with van der Waals surface area (Å²) in [6.45, 7) is 2.82. The van der Waals surface area contributed by atoms with Crippen molar-refractivity contribution in [2.45, 2.75) is 39.0 Å². The largest absolute Gasteiger partial charge is 0.494 e. The molecule has 23 heavy (non-hydrogen) atoms. The minimum atomic E-state index is 0.117. The number of thiazole rings is 1. The van der Waals surface area contributed by atoms with Crippen LogP contribution in [0.5, 0.6) is 5.75 Å². The molecule has 1 fully saturated rings. The predicted molar refractivity (Wildman–Crippen MR) is 93.9 cm³/mol. The summed E-state index contributed by atoms with van der Waals surface area (Å²) in [6, 6.07) is 7.92. The molecule has 1 heterocycles. The molecular weight excluding hydrogens is 308 g/mol. The maximum absolute atomic E-state index is 12.1. The first-order valence-corrected chi connectivity index (χ1v) is 9.14. The zero-order valence-corrected chi connectivity index (χ0v) is 14.2. The van der Waals surface area contributed by atoms with Crippen molar-refractivity contribution in [3.8, 4) is 17.0 Å². The summed E-state index contributed by atoms with van der Waals surface area (Å²) in [5, 5.41) is 5.62. The summed E-state index contributed by atoms with van der Waals surface area (Å²) in [6.07, 6.45) is 5.33. The number of benzene rings is 1. The first kappa shape index (κ1) is 16.0. The summed E-state index contributed by atoms with van der Waals surface area (Å²) in [5.41, 5.74) is 1.92. The number of nitrogens with one attached hydrogen (secondary N) is 1. The van der Waals surface area contributed by atoms with E-state index in [0.29, 0.717) is 5.13 Å². The number of nitrogens with zero attached hydrogens (tertiary/aromatic N) is 1. The average Bonchev–Trinajstić information content (AvgIpc) is 3.25. The second-order valence-electron chi connectivity index (χ2n) is 5.88. The number of ether oxygens (including phenoxy) is 1. The number of rotatable bonds is 6. The molecule has 1 N–H and O–H groups in total. The zero-order valence-electron chi connectivity index (χ0n) is 13.4. The van der Waals surface area contributed by atoms with E-state index in [-0.39, 0.29) is 11.8 Å². The topological polar surface area (TPSA) is 51.2 Å². The van der Waals surface area contributed by atoms with E-state index >= 15 is 0 Å². The fraction of sp³-hybridized carbons (Fsp3) is 0.444. The maximum Gasteiger partial charge on any atom is 0.229 e. The Labute approximate surface area is 140 Å². The Hall–Kier alpha value is -1.88. The Balaban J connectivity index is 1.63. The number of amides is 1. The van der Waals surface area contributed by atoms with Gasteiger partial charge in [-0.2, -0.15) is 0 Å². The highest BCUT2D eigenvalue weighted by molar-refractivity contribution is 7.14. The van der Waals surface area contributed by atoms with Gasteiger partial charge in [0.1, 0.15) is 5.75 Å². The summed E-state index contributed by atoms with van der Waals surface area (Å²) in [7, 11) is 0. The second kappa shape index (κ2) is 7.59. The van der Waals surface area contributed by atoms with Gasteiger partial charge in [-0.05, 0) is 43.5 Å². The van der Waals surface area contributed by atoms with E-state index in [1.54, 1.807) is 0 Å². The van der Waals surface area contributed by atoms with E-state index in [4.69, 9.17) is 4.74 Å². The molecule has 0 saturated heterocycles. The van der Waals surface area contributed by atoms with Crippen LogP contribution in [0.2, 0.25) is 0 Å². The summed E-state index contributed by atoms with van der Waals surface area (Å²) < 4.78 is 5.59. The van der Waals surface area contributed by atoms with Gasteiger partial charge in [0.15, 0.2) is 5.13 Å². The third-order valence-corrected chi connectivity index (χ3v) is 4.84. The normalized spacial score (nSPS) is 14.8. The number of anilines is 1. The maximum atomic E-state index is 12.1. The van der Waals surface area contributed by atoms with Crippen molar-refractivity contribution in [3.63, 3.8) is 0 Å². The fourth-order valence-electron chi connectivity index (χ4n) is 2.80. The van der Waals surface area contributed by atoms with Gasteiger partial charge in [-0.25, -0.2) is 4.98 Å². The van der Waals surface area contributed by atoms with Crippen LogP contribution >= 0.6 is 11.3 Å². The smallest absolute Gasteiger partial charge is 0.229 e. The van der Waals surface area contributed by atoms with Gasteiger partial charge < -0.3 is 10.1 Å². The van der Waals surface area contributed by atoms with E-state index in [2.05, 4.69) is 17.2 Å².